The summed E-state index contributed by atoms with van der Waals surface area (Å²) in [4.78, 5) is 37.6. The van der Waals surface area contributed by atoms with Crippen LogP contribution in [0.4, 0.5) is 0 Å². The minimum atomic E-state index is -0.227. The molecule has 184 valence electrons. The smallest absolute Gasteiger partial charge is 0.310 e. The lowest BCUT2D eigenvalue weighted by molar-refractivity contribution is -0.160. The predicted molar refractivity (Wildman–Crippen MR) is 130 cm³/mol. The zero-order valence-corrected chi connectivity index (χ0v) is 22.3. The van der Waals surface area contributed by atoms with Crippen LogP contribution in [0.25, 0.3) is 0 Å². The van der Waals surface area contributed by atoms with Crippen molar-refractivity contribution in [3.8, 4) is 0 Å². The van der Waals surface area contributed by atoms with Crippen molar-refractivity contribution in [1.29, 1.82) is 0 Å². The third-order valence-corrected chi connectivity index (χ3v) is 7.23. The summed E-state index contributed by atoms with van der Waals surface area (Å²) in [6.45, 7) is 23.0. The minimum Gasteiger partial charge on any atom is -0.465 e. The van der Waals surface area contributed by atoms with E-state index in [1.807, 2.05) is 0 Å². The topological polar surface area (TPSA) is 63.7 Å². The molecule has 1 unspecified atom stereocenters. The number of imide groups is 1. The van der Waals surface area contributed by atoms with Gasteiger partial charge in [-0.05, 0) is 47.3 Å². The van der Waals surface area contributed by atoms with E-state index in [1.165, 1.54) is 17.1 Å². The van der Waals surface area contributed by atoms with Crippen molar-refractivity contribution in [2.45, 2.75) is 101 Å². The Bertz CT molecular complexity index is 686. The van der Waals surface area contributed by atoms with E-state index >= 15 is 0 Å². The summed E-state index contributed by atoms with van der Waals surface area (Å²) >= 11 is 0. The fraction of sp³-hybridized carbons (Fsp3) is 0.815. The fourth-order valence-corrected chi connectivity index (χ4v) is 4.98. The summed E-state index contributed by atoms with van der Waals surface area (Å²) in [5.41, 5.74) is -0.183. The van der Waals surface area contributed by atoms with E-state index in [0.717, 1.165) is 32.1 Å². The Balaban J connectivity index is 2.55. The Hall–Kier alpha value is -1.65. The monoisotopic (exact) mass is 449 g/mol. The maximum absolute atomic E-state index is 13.2. The fourth-order valence-electron chi connectivity index (χ4n) is 4.98. The van der Waals surface area contributed by atoms with Gasteiger partial charge < -0.3 is 4.74 Å². The van der Waals surface area contributed by atoms with Crippen LogP contribution >= 0.6 is 0 Å². The Morgan fingerprint density at radius 3 is 1.81 bits per heavy atom. The average Bonchev–Trinajstić information content (AvgIpc) is 2.89. The van der Waals surface area contributed by atoms with E-state index < -0.39 is 0 Å². The summed E-state index contributed by atoms with van der Waals surface area (Å²) in [6.07, 6.45) is 6.92. The van der Waals surface area contributed by atoms with Crippen molar-refractivity contribution in [2.24, 2.45) is 27.6 Å². The summed E-state index contributed by atoms with van der Waals surface area (Å²) in [6, 6.07) is 0. The molecule has 0 fully saturated rings. The molecule has 0 spiro atoms. The lowest BCUT2D eigenvalue weighted by Crippen LogP contribution is -2.45. The first-order valence-corrected chi connectivity index (χ1v) is 12.1. The molecule has 0 aliphatic carbocycles. The Morgan fingerprint density at radius 1 is 0.844 bits per heavy atom. The van der Waals surface area contributed by atoms with Gasteiger partial charge in [-0.3, -0.25) is 19.3 Å². The molecule has 5 nitrogen and oxygen atoms in total. The highest BCUT2D eigenvalue weighted by Gasteiger charge is 2.48. The molecular weight excluding hydrogens is 402 g/mol. The summed E-state index contributed by atoms with van der Waals surface area (Å²) < 4.78 is 5.76. The number of carbonyl (C=O) groups is 3. The largest absolute Gasteiger partial charge is 0.465 e. The first kappa shape index (κ1) is 28.4. The number of rotatable bonds is 11. The van der Waals surface area contributed by atoms with Crippen LogP contribution in [0, 0.1) is 27.6 Å². The van der Waals surface area contributed by atoms with E-state index in [1.54, 1.807) is 0 Å². The first-order chi connectivity index (χ1) is 14.4. The molecule has 1 heterocycles. The van der Waals surface area contributed by atoms with Crippen LogP contribution in [-0.4, -0.2) is 35.8 Å². The van der Waals surface area contributed by atoms with E-state index in [9.17, 15) is 14.4 Å². The highest BCUT2D eigenvalue weighted by molar-refractivity contribution is 6.12. The van der Waals surface area contributed by atoms with Gasteiger partial charge in [-0.25, -0.2) is 0 Å². The number of ether oxygens (including phenoxy) is 1. The third kappa shape index (κ3) is 7.74. The standard InChI is InChI=1S/C27H47NO4/c1-24(2,3)22(26(7,8)19-27(9,10)25(4,5)6)23(31)32-18-14-12-11-13-17-28-20(29)15-16-21(28)30/h15-16,22H,11-14,17-19H2,1-10H3. The highest BCUT2D eigenvalue weighted by atomic mass is 16.5. The lowest BCUT2D eigenvalue weighted by atomic mass is 9.56. The molecule has 1 aliphatic rings. The Labute approximate surface area is 196 Å². The molecule has 1 aliphatic heterocycles. The van der Waals surface area contributed by atoms with Crippen LogP contribution in [0.2, 0.25) is 0 Å². The Kier molecular flexibility index (Phi) is 9.33. The molecule has 0 aromatic heterocycles. The molecule has 1 atom stereocenters. The molecule has 0 radical (unpaired) electrons. The molecule has 0 aromatic rings. The predicted octanol–water partition coefficient (Wildman–Crippen LogP) is 6.17. The molecule has 0 N–H and O–H groups in total. The maximum Gasteiger partial charge on any atom is 0.310 e. The summed E-state index contributed by atoms with van der Waals surface area (Å²) in [5.74, 6) is -0.758. The van der Waals surface area contributed by atoms with Crippen molar-refractivity contribution in [3.05, 3.63) is 12.2 Å². The number of amides is 2. The number of esters is 1. The van der Waals surface area contributed by atoms with Gasteiger partial charge in [0.25, 0.3) is 11.8 Å². The first-order valence-electron chi connectivity index (χ1n) is 12.1. The number of carbonyl (C=O) groups excluding carboxylic acids is 3. The summed E-state index contributed by atoms with van der Waals surface area (Å²) in [7, 11) is 0. The van der Waals surface area contributed by atoms with Gasteiger partial charge in [-0.1, -0.05) is 75.7 Å². The molecule has 0 saturated heterocycles. The number of nitrogens with zero attached hydrogens (tertiary/aromatic N) is 1. The van der Waals surface area contributed by atoms with E-state index in [2.05, 4.69) is 69.2 Å². The molecule has 1 rings (SSSR count). The molecule has 0 bridgehead atoms. The van der Waals surface area contributed by atoms with Crippen LogP contribution in [0.3, 0.4) is 0 Å². The van der Waals surface area contributed by atoms with Gasteiger partial charge >= 0.3 is 5.97 Å². The highest BCUT2D eigenvalue weighted by Crippen LogP contribution is 2.52. The van der Waals surface area contributed by atoms with E-state index in [0.29, 0.717) is 13.2 Å². The SMILES string of the molecule is CC(C)(C)C(C(=O)OCCCCCCN1C(=O)C=CC1=O)C(C)(C)CC(C)(C)C(C)(C)C. The van der Waals surface area contributed by atoms with Gasteiger partial charge in [-0.2, -0.15) is 0 Å². The van der Waals surface area contributed by atoms with Gasteiger partial charge in [0.2, 0.25) is 0 Å². The molecule has 0 saturated carbocycles. The second-order valence-corrected chi connectivity index (χ2v) is 12.8. The lowest BCUT2D eigenvalue weighted by Gasteiger charge is -2.49. The van der Waals surface area contributed by atoms with Crippen molar-refractivity contribution in [2.75, 3.05) is 13.2 Å². The van der Waals surface area contributed by atoms with Crippen molar-refractivity contribution in [3.63, 3.8) is 0 Å². The zero-order chi connectivity index (χ0) is 25.0. The minimum absolute atomic E-state index is 0.0773. The van der Waals surface area contributed by atoms with Crippen LogP contribution in [-0.2, 0) is 19.1 Å². The number of hydrogen-bond donors (Lipinski definition) is 0. The molecule has 0 aromatic carbocycles. The molecule has 2 amide bonds. The van der Waals surface area contributed by atoms with Crippen molar-refractivity contribution < 1.29 is 19.1 Å². The second kappa shape index (κ2) is 10.5. The van der Waals surface area contributed by atoms with Gasteiger partial charge in [0, 0.05) is 18.7 Å². The van der Waals surface area contributed by atoms with Crippen LogP contribution in [0.5, 0.6) is 0 Å². The van der Waals surface area contributed by atoms with Gasteiger partial charge in [0.1, 0.15) is 0 Å². The van der Waals surface area contributed by atoms with Crippen molar-refractivity contribution in [1.82, 2.24) is 4.90 Å². The molecular formula is C27H47NO4. The Morgan fingerprint density at radius 2 is 1.34 bits per heavy atom. The van der Waals surface area contributed by atoms with Gasteiger partial charge in [-0.15, -0.1) is 0 Å². The zero-order valence-electron chi connectivity index (χ0n) is 22.3. The number of hydrogen-bond acceptors (Lipinski definition) is 4. The van der Waals surface area contributed by atoms with Crippen LogP contribution in [0.15, 0.2) is 12.2 Å². The van der Waals surface area contributed by atoms with Crippen LogP contribution < -0.4 is 0 Å². The summed E-state index contributed by atoms with van der Waals surface area (Å²) in [5, 5.41) is 0. The second-order valence-electron chi connectivity index (χ2n) is 12.8. The third-order valence-electron chi connectivity index (χ3n) is 7.23. The number of unbranched alkanes of at least 4 members (excludes halogenated alkanes) is 3. The van der Waals surface area contributed by atoms with Gasteiger partial charge in [0.15, 0.2) is 0 Å². The normalized spacial score (nSPS) is 16.6. The quantitative estimate of drug-likeness (QED) is 0.215. The van der Waals surface area contributed by atoms with E-state index in [-0.39, 0.29) is 45.4 Å². The van der Waals surface area contributed by atoms with Crippen LogP contribution in [0.1, 0.15) is 101 Å². The van der Waals surface area contributed by atoms with Gasteiger partial charge in [0.05, 0.1) is 12.5 Å². The molecule has 32 heavy (non-hydrogen) atoms. The maximum atomic E-state index is 13.2. The van der Waals surface area contributed by atoms with Crippen molar-refractivity contribution >= 4 is 17.8 Å². The molecule has 5 heteroatoms. The van der Waals surface area contributed by atoms with E-state index in [4.69, 9.17) is 4.74 Å². The average molecular weight is 450 g/mol.